The van der Waals surface area contributed by atoms with Crippen LogP contribution in [0.1, 0.15) is 21.7 Å². The molecule has 4 heterocycles. The molecule has 0 aliphatic heterocycles. The van der Waals surface area contributed by atoms with Gasteiger partial charge in [0.05, 0.1) is 28.6 Å². The molecule has 0 radical (unpaired) electrons. The Kier molecular flexibility index (Phi) is 3.39. The number of amides is 1. The van der Waals surface area contributed by atoms with Crippen LogP contribution in [0.3, 0.4) is 0 Å². The number of carbonyl (C=O) groups is 1. The van der Waals surface area contributed by atoms with Gasteiger partial charge in [0.15, 0.2) is 10.9 Å². The minimum atomic E-state index is -0.296. The Morgan fingerprint density at radius 1 is 1.29 bits per heavy atom. The summed E-state index contributed by atoms with van der Waals surface area (Å²) in [6.07, 6.45) is 1.55. The van der Waals surface area contributed by atoms with Crippen LogP contribution in [0.2, 0.25) is 0 Å². The lowest BCUT2D eigenvalue weighted by Crippen LogP contribution is -2.13. The van der Waals surface area contributed by atoms with E-state index < -0.39 is 0 Å². The molecule has 0 fully saturated rings. The number of fused-ring (bicyclic) bond motifs is 1. The number of nitrogens with zero attached hydrogens (tertiary/aromatic N) is 3. The number of hydrogen-bond donors (Lipinski definition) is 1. The number of aryl methyl sites for hydroxylation is 2. The van der Waals surface area contributed by atoms with E-state index in [4.69, 9.17) is 8.94 Å². The molecule has 0 unspecified atom stereocenters. The molecule has 0 aliphatic carbocycles. The molecule has 0 atom stereocenters. The van der Waals surface area contributed by atoms with Crippen molar-refractivity contribution in [2.75, 3.05) is 5.32 Å². The van der Waals surface area contributed by atoms with E-state index in [-0.39, 0.29) is 5.91 Å². The van der Waals surface area contributed by atoms with Crippen molar-refractivity contribution in [2.24, 2.45) is 0 Å². The first-order valence-corrected chi connectivity index (χ1v) is 8.04. The topological polar surface area (TPSA) is 94.1 Å². The fourth-order valence-electron chi connectivity index (χ4n) is 2.40. The number of carbonyl (C=O) groups excluding carboxylic acids is 1. The van der Waals surface area contributed by atoms with Gasteiger partial charge in [-0.3, -0.25) is 10.1 Å². The summed E-state index contributed by atoms with van der Waals surface area (Å²) in [6.45, 7) is 3.64. The lowest BCUT2D eigenvalue weighted by molar-refractivity contribution is 0.102. The van der Waals surface area contributed by atoms with E-state index in [1.807, 2.05) is 12.3 Å². The summed E-state index contributed by atoms with van der Waals surface area (Å²) in [7, 11) is 0. The smallest absolute Gasteiger partial charge is 0.259 e. The van der Waals surface area contributed by atoms with E-state index in [2.05, 4.69) is 20.4 Å². The fraction of sp³-hybridized carbons (Fsp3) is 0.125. The molecular weight excluding hydrogens is 328 g/mol. The van der Waals surface area contributed by atoms with Gasteiger partial charge in [-0.15, -0.1) is 11.3 Å². The molecule has 0 aliphatic rings. The van der Waals surface area contributed by atoms with Gasteiger partial charge < -0.3 is 8.94 Å². The summed E-state index contributed by atoms with van der Waals surface area (Å²) in [5, 5.41) is 9.70. The normalized spacial score (nSPS) is 11.1. The maximum atomic E-state index is 12.7. The van der Waals surface area contributed by atoms with Crippen molar-refractivity contribution in [2.45, 2.75) is 13.8 Å². The Hall–Kier alpha value is -3.00. The Labute approximate surface area is 140 Å². The van der Waals surface area contributed by atoms with E-state index in [9.17, 15) is 4.79 Å². The van der Waals surface area contributed by atoms with Gasteiger partial charge in [-0.1, -0.05) is 5.16 Å². The summed E-state index contributed by atoms with van der Waals surface area (Å²) >= 11 is 1.37. The van der Waals surface area contributed by atoms with Crippen molar-refractivity contribution < 1.29 is 13.7 Å². The molecule has 0 saturated carbocycles. The third-order valence-electron chi connectivity index (χ3n) is 3.47. The number of aromatic nitrogens is 3. The molecule has 7 nitrogen and oxygen atoms in total. The highest BCUT2D eigenvalue weighted by atomic mass is 32.1. The summed E-state index contributed by atoms with van der Waals surface area (Å²) in [5.74, 6) is 0.251. The Morgan fingerprint density at radius 3 is 2.88 bits per heavy atom. The predicted octanol–water partition coefficient (Wildman–Crippen LogP) is 3.81. The number of nitrogens with one attached hydrogen (secondary N) is 1. The first-order valence-electron chi connectivity index (χ1n) is 7.16. The van der Waals surface area contributed by atoms with Gasteiger partial charge in [0.2, 0.25) is 0 Å². The summed E-state index contributed by atoms with van der Waals surface area (Å²) in [5.41, 5.74) is 2.67. The SMILES string of the molecule is Cc1csc(NC(=O)c2cc(-c3ccco3)nc3onc(C)c23)n1. The highest BCUT2D eigenvalue weighted by molar-refractivity contribution is 7.13. The third kappa shape index (κ3) is 2.46. The summed E-state index contributed by atoms with van der Waals surface area (Å²) < 4.78 is 10.6. The van der Waals surface area contributed by atoms with Gasteiger partial charge in [0.1, 0.15) is 5.69 Å². The van der Waals surface area contributed by atoms with E-state index >= 15 is 0 Å². The minimum absolute atomic E-state index is 0.293. The molecular formula is C16H12N4O3S. The maximum Gasteiger partial charge on any atom is 0.259 e. The van der Waals surface area contributed by atoms with Crippen LogP contribution in [0.4, 0.5) is 5.13 Å². The van der Waals surface area contributed by atoms with Crippen molar-refractivity contribution in [3.63, 3.8) is 0 Å². The van der Waals surface area contributed by atoms with Gasteiger partial charge in [0.25, 0.3) is 11.6 Å². The van der Waals surface area contributed by atoms with Crippen LogP contribution < -0.4 is 5.32 Å². The van der Waals surface area contributed by atoms with Gasteiger partial charge in [-0.2, -0.15) is 0 Å². The molecule has 0 bridgehead atoms. The molecule has 4 rings (SSSR count). The number of hydrogen-bond acceptors (Lipinski definition) is 7. The van der Waals surface area contributed by atoms with Gasteiger partial charge in [-0.25, -0.2) is 9.97 Å². The average molecular weight is 340 g/mol. The zero-order valence-corrected chi connectivity index (χ0v) is 13.7. The quantitative estimate of drug-likeness (QED) is 0.609. The zero-order valence-electron chi connectivity index (χ0n) is 12.9. The van der Waals surface area contributed by atoms with Crippen molar-refractivity contribution in [1.29, 1.82) is 0 Å². The van der Waals surface area contributed by atoms with E-state index in [0.29, 0.717) is 38.9 Å². The lowest BCUT2D eigenvalue weighted by atomic mass is 10.1. The Bertz CT molecular complexity index is 1030. The molecule has 0 saturated heterocycles. The molecule has 120 valence electrons. The van der Waals surface area contributed by atoms with Crippen LogP contribution >= 0.6 is 11.3 Å². The van der Waals surface area contributed by atoms with Crippen LogP contribution in [0.5, 0.6) is 0 Å². The second-order valence-electron chi connectivity index (χ2n) is 5.23. The van der Waals surface area contributed by atoms with Crippen molar-refractivity contribution in [3.8, 4) is 11.5 Å². The lowest BCUT2D eigenvalue weighted by Gasteiger charge is -2.05. The van der Waals surface area contributed by atoms with Gasteiger partial charge in [-0.05, 0) is 32.0 Å². The molecule has 0 aromatic carbocycles. The van der Waals surface area contributed by atoms with Crippen LogP contribution in [0.15, 0.2) is 38.8 Å². The number of anilines is 1. The average Bonchev–Trinajstić information content (AvgIpc) is 3.29. The largest absolute Gasteiger partial charge is 0.463 e. The highest BCUT2D eigenvalue weighted by Crippen LogP contribution is 2.28. The monoisotopic (exact) mass is 340 g/mol. The Balaban J connectivity index is 1.83. The molecule has 4 aromatic heterocycles. The molecule has 1 N–H and O–H groups in total. The maximum absolute atomic E-state index is 12.7. The van der Waals surface area contributed by atoms with Crippen molar-refractivity contribution in [1.82, 2.24) is 15.1 Å². The molecule has 24 heavy (non-hydrogen) atoms. The number of furan rings is 1. The number of rotatable bonds is 3. The van der Waals surface area contributed by atoms with Crippen LogP contribution in [0, 0.1) is 13.8 Å². The first-order chi connectivity index (χ1) is 11.6. The van der Waals surface area contributed by atoms with E-state index in [1.165, 1.54) is 11.3 Å². The van der Waals surface area contributed by atoms with Crippen LogP contribution in [-0.2, 0) is 0 Å². The van der Waals surface area contributed by atoms with E-state index in [1.54, 1.807) is 31.4 Å². The second kappa shape index (κ2) is 5.57. The predicted molar refractivity (Wildman–Crippen MR) is 89.0 cm³/mol. The molecule has 4 aromatic rings. The molecule has 8 heteroatoms. The number of thiazole rings is 1. The summed E-state index contributed by atoms with van der Waals surface area (Å²) in [6, 6.07) is 5.19. The van der Waals surface area contributed by atoms with Crippen molar-refractivity contribution >= 4 is 33.5 Å². The first kappa shape index (κ1) is 14.6. The summed E-state index contributed by atoms with van der Waals surface area (Å²) in [4.78, 5) is 21.4. The van der Waals surface area contributed by atoms with Crippen LogP contribution in [-0.4, -0.2) is 21.0 Å². The fourth-order valence-corrected chi connectivity index (χ4v) is 3.08. The Morgan fingerprint density at radius 2 is 2.17 bits per heavy atom. The minimum Gasteiger partial charge on any atom is -0.463 e. The van der Waals surface area contributed by atoms with Gasteiger partial charge >= 0.3 is 0 Å². The van der Waals surface area contributed by atoms with E-state index in [0.717, 1.165) is 5.69 Å². The van der Waals surface area contributed by atoms with Crippen LogP contribution in [0.25, 0.3) is 22.6 Å². The third-order valence-corrected chi connectivity index (χ3v) is 4.35. The van der Waals surface area contributed by atoms with Crippen molar-refractivity contribution in [3.05, 3.63) is 46.8 Å². The zero-order chi connectivity index (χ0) is 16.7. The standard InChI is InChI=1S/C16H12N4O3S/c1-8-7-24-16(17-8)19-14(21)10-6-11(12-4-3-5-22-12)18-15-13(10)9(2)20-23-15/h3-7H,1-2H3,(H,17,19,21). The highest BCUT2D eigenvalue weighted by Gasteiger charge is 2.20. The molecule has 1 amide bonds. The molecule has 0 spiro atoms. The second-order valence-corrected chi connectivity index (χ2v) is 6.09. The number of pyridine rings is 1. The van der Waals surface area contributed by atoms with Gasteiger partial charge in [0, 0.05) is 5.38 Å².